The van der Waals surface area contributed by atoms with Crippen LogP contribution in [0.5, 0.6) is 0 Å². The van der Waals surface area contributed by atoms with Crippen LogP contribution in [0.25, 0.3) is 10.2 Å². The normalized spacial score (nSPS) is 20.7. The van der Waals surface area contributed by atoms with Crippen molar-refractivity contribution in [2.45, 2.75) is 25.2 Å². The molecule has 0 aliphatic carbocycles. The molecule has 0 spiro atoms. The van der Waals surface area contributed by atoms with Gasteiger partial charge in [0, 0.05) is 30.7 Å². The summed E-state index contributed by atoms with van der Waals surface area (Å²) in [4.78, 5) is 17.6. The molecule has 2 unspecified atom stereocenters. The fourth-order valence-corrected chi connectivity index (χ4v) is 7.68. The third-order valence-electron chi connectivity index (χ3n) is 5.59. The van der Waals surface area contributed by atoms with Crippen molar-refractivity contribution in [3.05, 3.63) is 56.8 Å². The summed E-state index contributed by atoms with van der Waals surface area (Å²) in [5, 5.41) is 0.993. The van der Waals surface area contributed by atoms with Crippen molar-refractivity contribution in [1.82, 2.24) is 8.87 Å². The van der Waals surface area contributed by atoms with Gasteiger partial charge in [-0.2, -0.15) is 9.30 Å². The summed E-state index contributed by atoms with van der Waals surface area (Å²) in [5.41, 5.74) is 1.06. The molecule has 170 valence electrons. The summed E-state index contributed by atoms with van der Waals surface area (Å²) in [6, 6.07) is 9.39. The van der Waals surface area contributed by atoms with E-state index in [0.717, 1.165) is 16.6 Å². The molecule has 4 rings (SSSR count). The van der Waals surface area contributed by atoms with E-state index in [4.69, 9.17) is 23.2 Å². The number of sulfonamides is 1. The van der Waals surface area contributed by atoms with E-state index in [-0.39, 0.29) is 4.90 Å². The first-order chi connectivity index (χ1) is 15.1. The minimum atomic E-state index is -3.60. The highest BCUT2D eigenvalue weighted by atomic mass is 35.5. The number of nitrogens with zero attached hydrogens (tertiary/aromatic N) is 3. The summed E-state index contributed by atoms with van der Waals surface area (Å²) >= 11 is 13.7. The van der Waals surface area contributed by atoms with Gasteiger partial charge < -0.3 is 4.57 Å². The third-order valence-corrected chi connectivity index (χ3v) is 9.02. The second kappa shape index (κ2) is 8.91. The van der Waals surface area contributed by atoms with Gasteiger partial charge in [0.15, 0.2) is 4.80 Å². The highest BCUT2D eigenvalue weighted by Crippen LogP contribution is 2.29. The van der Waals surface area contributed by atoms with Gasteiger partial charge in [-0.3, -0.25) is 4.79 Å². The van der Waals surface area contributed by atoms with Gasteiger partial charge in [0.1, 0.15) is 0 Å². The molecule has 1 aromatic heterocycles. The van der Waals surface area contributed by atoms with Crippen LogP contribution in [0.15, 0.2) is 46.3 Å². The number of fused-ring (bicyclic) bond motifs is 1. The van der Waals surface area contributed by atoms with Gasteiger partial charge in [-0.05, 0) is 54.7 Å². The second-order valence-electron chi connectivity index (χ2n) is 8.39. The lowest BCUT2D eigenvalue weighted by atomic mass is 9.94. The van der Waals surface area contributed by atoms with Gasteiger partial charge in [0.25, 0.3) is 5.91 Å². The standard InChI is InChI=1S/C22H23Cl2N3O3S2/c1-13-8-14(2)12-27(11-13)32(29,30)17-6-4-15(5-7-17)21(28)25-22-26(3)20-18(24)9-16(23)10-19(20)31-22/h4-7,9-10,13-14H,8,11-12H2,1-3H3. The molecule has 0 bridgehead atoms. The number of hydrogen-bond acceptors (Lipinski definition) is 4. The first-order valence-electron chi connectivity index (χ1n) is 10.2. The zero-order valence-electron chi connectivity index (χ0n) is 17.9. The van der Waals surface area contributed by atoms with Crippen molar-refractivity contribution in [1.29, 1.82) is 0 Å². The lowest BCUT2D eigenvalue weighted by Gasteiger charge is -2.34. The van der Waals surface area contributed by atoms with Crippen LogP contribution < -0.4 is 4.80 Å². The molecule has 0 saturated carbocycles. The minimum Gasteiger partial charge on any atom is -0.318 e. The number of piperidine rings is 1. The number of amides is 1. The van der Waals surface area contributed by atoms with Crippen molar-refractivity contribution in [3.63, 3.8) is 0 Å². The Kier molecular flexibility index (Phi) is 6.53. The topological polar surface area (TPSA) is 71.7 Å². The van der Waals surface area contributed by atoms with Gasteiger partial charge in [-0.25, -0.2) is 8.42 Å². The van der Waals surface area contributed by atoms with E-state index in [1.165, 1.54) is 35.6 Å². The van der Waals surface area contributed by atoms with E-state index >= 15 is 0 Å². The molecule has 0 N–H and O–H groups in total. The van der Waals surface area contributed by atoms with Crippen LogP contribution in [0.3, 0.4) is 0 Å². The molecule has 2 aromatic carbocycles. The molecule has 1 aliphatic heterocycles. The Hall–Kier alpha value is -1.71. The van der Waals surface area contributed by atoms with Gasteiger partial charge in [-0.1, -0.05) is 48.4 Å². The molecule has 2 atom stereocenters. The second-order valence-corrected chi connectivity index (χ2v) is 12.2. The third kappa shape index (κ3) is 4.52. The zero-order chi connectivity index (χ0) is 23.2. The molecule has 10 heteroatoms. The molecule has 0 radical (unpaired) electrons. The summed E-state index contributed by atoms with van der Waals surface area (Å²) in [5.74, 6) is 0.177. The number of hydrogen-bond donors (Lipinski definition) is 0. The summed E-state index contributed by atoms with van der Waals surface area (Å²) in [6.07, 6.45) is 1.02. The number of aryl methyl sites for hydroxylation is 1. The molecule has 2 heterocycles. The molecular formula is C22H23Cl2N3O3S2. The smallest absolute Gasteiger partial charge is 0.279 e. The van der Waals surface area contributed by atoms with Crippen LogP contribution in [0.2, 0.25) is 10.0 Å². The number of aromatic nitrogens is 1. The highest BCUT2D eigenvalue weighted by molar-refractivity contribution is 7.89. The van der Waals surface area contributed by atoms with Crippen LogP contribution in [-0.2, 0) is 17.1 Å². The SMILES string of the molecule is CC1CC(C)CN(S(=O)(=O)c2ccc(C(=O)N=c3sc4cc(Cl)cc(Cl)c4n3C)cc2)C1. The van der Waals surface area contributed by atoms with Crippen LogP contribution in [0, 0.1) is 11.8 Å². The maximum atomic E-state index is 13.0. The number of rotatable bonds is 3. The van der Waals surface area contributed by atoms with Crippen LogP contribution in [-0.4, -0.2) is 36.3 Å². The largest absolute Gasteiger partial charge is 0.318 e. The quantitative estimate of drug-likeness (QED) is 0.499. The van der Waals surface area contributed by atoms with Crippen molar-refractivity contribution >= 4 is 60.7 Å². The van der Waals surface area contributed by atoms with Crippen molar-refractivity contribution in [2.75, 3.05) is 13.1 Å². The van der Waals surface area contributed by atoms with Gasteiger partial charge in [0.05, 0.1) is 20.1 Å². The number of benzene rings is 2. The summed E-state index contributed by atoms with van der Waals surface area (Å²) < 4.78 is 30.2. The molecule has 6 nitrogen and oxygen atoms in total. The van der Waals surface area contributed by atoms with E-state index in [1.807, 2.05) is 0 Å². The van der Waals surface area contributed by atoms with Gasteiger partial charge in [0.2, 0.25) is 10.0 Å². The van der Waals surface area contributed by atoms with Crippen molar-refractivity contribution in [3.8, 4) is 0 Å². The van der Waals surface area contributed by atoms with Gasteiger partial charge in [-0.15, -0.1) is 0 Å². The fraction of sp³-hybridized carbons (Fsp3) is 0.364. The number of halogens is 2. The maximum absolute atomic E-state index is 13.0. The molecular weight excluding hydrogens is 489 g/mol. The Morgan fingerprint density at radius 2 is 1.72 bits per heavy atom. The Balaban J connectivity index is 1.62. The number of thiazole rings is 1. The van der Waals surface area contributed by atoms with E-state index in [0.29, 0.717) is 45.3 Å². The number of carbonyl (C=O) groups excluding carboxylic acids is 1. The first-order valence-corrected chi connectivity index (χ1v) is 13.2. The average molecular weight is 512 g/mol. The molecule has 1 fully saturated rings. The van der Waals surface area contributed by atoms with Gasteiger partial charge >= 0.3 is 0 Å². The van der Waals surface area contributed by atoms with Crippen molar-refractivity contribution in [2.24, 2.45) is 23.9 Å². The van der Waals surface area contributed by atoms with Crippen LogP contribution in [0.1, 0.15) is 30.6 Å². The molecule has 3 aromatic rings. The van der Waals surface area contributed by atoms with Crippen LogP contribution >= 0.6 is 34.5 Å². The van der Waals surface area contributed by atoms with E-state index < -0.39 is 15.9 Å². The number of carbonyl (C=O) groups is 1. The molecule has 1 amide bonds. The summed E-state index contributed by atoms with van der Waals surface area (Å²) in [6.45, 7) is 5.16. The van der Waals surface area contributed by atoms with Crippen molar-refractivity contribution < 1.29 is 13.2 Å². The van der Waals surface area contributed by atoms with E-state index in [2.05, 4.69) is 18.8 Å². The first kappa shape index (κ1) is 23.4. The lowest BCUT2D eigenvalue weighted by Crippen LogP contribution is -2.42. The zero-order valence-corrected chi connectivity index (χ0v) is 21.0. The lowest BCUT2D eigenvalue weighted by molar-refractivity contribution is 0.0998. The Morgan fingerprint density at radius 1 is 1.09 bits per heavy atom. The Bertz CT molecular complexity index is 1350. The monoisotopic (exact) mass is 511 g/mol. The Labute approximate surface area is 201 Å². The Morgan fingerprint density at radius 3 is 2.34 bits per heavy atom. The highest BCUT2D eigenvalue weighted by Gasteiger charge is 2.31. The fourth-order valence-electron chi connectivity index (χ4n) is 4.18. The average Bonchev–Trinajstić information content (AvgIpc) is 3.02. The van der Waals surface area contributed by atoms with Crippen LogP contribution in [0.4, 0.5) is 0 Å². The predicted molar refractivity (Wildman–Crippen MR) is 129 cm³/mol. The molecule has 32 heavy (non-hydrogen) atoms. The molecule has 1 saturated heterocycles. The van der Waals surface area contributed by atoms with E-state index in [9.17, 15) is 13.2 Å². The maximum Gasteiger partial charge on any atom is 0.279 e. The summed E-state index contributed by atoms with van der Waals surface area (Å²) in [7, 11) is -1.82. The van der Waals surface area contributed by atoms with E-state index in [1.54, 1.807) is 28.1 Å². The predicted octanol–water partition coefficient (Wildman–Crippen LogP) is 4.95. The molecule has 1 aliphatic rings. The minimum absolute atomic E-state index is 0.184.